The zero-order chi connectivity index (χ0) is 16.4. The van der Waals surface area contributed by atoms with Gasteiger partial charge in [0.2, 0.25) is 0 Å². The Morgan fingerprint density at radius 2 is 2.13 bits per heavy atom. The molecule has 1 saturated heterocycles. The lowest BCUT2D eigenvalue weighted by molar-refractivity contribution is -0.0206. The first-order valence-electron chi connectivity index (χ1n) is 8.12. The molecule has 1 unspecified atom stereocenters. The summed E-state index contributed by atoms with van der Waals surface area (Å²) in [6, 6.07) is 4.17. The zero-order valence-electron chi connectivity index (χ0n) is 14.1. The molecule has 6 nitrogen and oxygen atoms in total. The number of aryl methyl sites for hydroxylation is 2. The molecule has 0 amide bonds. The van der Waals surface area contributed by atoms with Gasteiger partial charge in [-0.15, -0.1) is 0 Å². The lowest BCUT2D eigenvalue weighted by Crippen LogP contribution is -2.39. The molecule has 1 N–H and O–H groups in total. The summed E-state index contributed by atoms with van der Waals surface area (Å²) in [5, 5.41) is 13.7. The van der Waals surface area contributed by atoms with Crippen molar-refractivity contribution in [3.63, 3.8) is 0 Å². The standard InChI is InChI=1S/C17H25N3O3/c1-12-4-5-17(23-12)16-11-22-9-7-19(16)10-15-13(2)18-20(6-8-21)14(15)3/h4-5,16,21H,6-11H2,1-3H3. The molecule has 126 valence electrons. The number of aliphatic hydroxyl groups is 1. The Morgan fingerprint density at radius 3 is 2.83 bits per heavy atom. The molecule has 0 radical (unpaired) electrons. The Morgan fingerprint density at radius 1 is 1.30 bits per heavy atom. The number of aliphatic hydroxyl groups excluding tert-OH is 1. The van der Waals surface area contributed by atoms with E-state index in [1.807, 2.05) is 30.7 Å². The zero-order valence-corrected chi connectivity index (χ0v) is 14.1. The van der Waals surface area contributed by atoms with E-state index in [0.29, 0.717) is 13.2 Å². The minimum Gasteiger partial charge on any atom is -0.465 e. The Labute approximate surface area is 136 Å². The van der Waals surface area contributed by atoms with Gasteiger partial charge in [0.1, 0.15) is 11.5 Å². The van der Waals surface area contributed by atoms with Crippen molar-refractivity contribution >= 4 is 0 Å². The van der Waals surface area contributed by atoms with E-state index in [4.69, 9.17) is 14.3 Å². The van der Waals surface area contributed by atoms with Crippen LogP contribution in [0.25, 0.3) is 0 Å². The second kappa shape index (κ2) is 6.86. The number of furan rings is 1. The first kappa shape index (κ1) is 16.2. The number of nitrogens with zero attached hydrogens (tertiary/aromatic N) is 3. The van der Waals surface area contributed by atoms with Gasteiger partial charge >= 0.3 is 0 Å². The van der Waals surface area contributed by atoms with Crippen molar-refractivity contribution in [2.45, 2.75) is 39.9 Å². The maximum absolute atomic E-state index is 9.16. The van der Waals surface area contributed by atoms with Gasteiger partial charge in [-0.05, 0) is 32.9 Å². The number of hydrogen-bond acceptors (Lipinski definition) is 5. The molecule has 0 aliphatic carbocycles. The van der Waals surface area contributed by atoms with Crippen molar-refractivity contribution in [1.82, 2.24) is 14.7 Å². The highest BCUT2D eigenvalue weighted by molar-refractivity contribution is 5.25. The van der Waals surface area contributed by atoms with Gasteiger partial charge in [-0.3, -0.25) is 9.58 Å². The lowest BCUT2D eigenvalue weighted by Gasteiger charge is -2.34. The molecule has 1 fully saturated rings. The molecule has 6 heteroatoms. The summed E-state index contributed by atoms with van der Waals surface area (Å²) in [7, 11) is 0. The van der Waals surface area contributed by atoms with Crippen molar-refractivity contribution in [2.24, 2.45) is 0 Å². The van der Waals surface area contributed by atoms with Gasteiger partial charge in [0.15, 0.2) is 0 Å². The maximum atomic E-state index is 9.16. The van der Waals surface area contributed by atoms with Crippen LogP contribution < -0.4 is 0 Å². The van der Waals surface area contributed by atoms with Crippen LogP contribution >= 0.6 is 0 Å². The predicted molar refractivity (Wildman–Crippen MR) is 86.2 cm³/mol. The third-order valence-electron chi connectivity index (χ3n) is 4.53. The molecule has 3 rings (SSSR count). The fourth-order valence-corrected chi connectivity index (χ4v) is 3.20. The van der Waals surface area contributed by atoms with Crippen LogP contribution in [0.5, 0.6) is 0 Å². The third-order valence-corrected chi connectivity index (χ3v) is 4.53. The number of aromatic nitrogens is 2. The summed E-state index contributed by atoms with van der Waals surface area (Å²) in [5.41, 5.74) is 3.38. The van der Waals surface area contributed by atoms with Gasteiger partial charge in [-0.2, -0.15) is 5.10 Å². The van der Waals surface area contributed by atoms with Crippen molar-refractivity contribution < 1.29 is 14.3 Å². The van der Waals surface area contributed by atoms with Crippen molar-refractivity contribution in [1.29, 1.82) is 0 Å². The topological polar surface area (TPSA) is 63.7 Å². The minimum atomic E-state index is 0.104. The molecule has 0 spiro atoms. The molecule has 1 aliphatic heterocycles. The Balaban J connectivity index is 1.82. The summed E-state index contributed by atoms with van der Waals surface area (Å²) >= 11 is 0. The summed E-state index contributed by atoms with van der Waals surface area (Å²) in [4.78, 5) is 2.39. The summed E-state index contributed by atoms with van der Waals surface area (Å²) in [5.74, 6) is 1.88. The van der Waals surface area contributed by atoms with Gasteiger partial charge in [0, 0.05) is 24.3 Å². The first-order chi connectivity index (χ1) is 11.1. The minimum absolute atomic E-state index is 0.104. The van der Waals surface area contributed by atoms with Crippen LogP contribution in [0.4, 0.5) is 0 Å². The fourth-order valence-electron chi connectivity index (χ4n) is 3.20. The second-order valence-electron chi connectivity index (χ2n) is 6.11. The van der Waals surface area contributed by atoms with Gasteiger partial charge in [-0.1, -0.05) is 0 Å². The summed E-state index contributed by atoms with van der Waals surface area (Å²) < 4.78 is 13.4. The molecule has 0 saturated carbocycles. The van der Waals surface area contributed by atoms with Crippen molar-refractivity contribution in [3.05, 3.63) is 40.6 Å². The molecular formula is C17H25N3O3. The summed E-state index contributed by atoms with van der Waals surface area (Å²) in [6.45, 7) is 9.77. The molecule has 2 aromatic rings. The smallest absolute Gasteiger partial charge is 0.123 e. The molecule has 1 aliphatic rings. The van der Waals surface area contributed by atoms with Crippen LogP contribution in [0.2, 0.25) is 0 Å². The van der Waals surface area contributed by atoms with Gasteiger partial charge in [-0.25, -0.2) is 0 Å². The SMILES string of the molecule is Cc1ccc(C2COCCN2Cc2c(C)nn(CCO)c2C)o1. The lowest BCUT2D eigenvalue weighted by atomic mass is 10.1. The van der Waals surface area contributed by atoms with Gasteiger partial charge in [0.05, 0.1) is 38.1 Å². The molecule has 23 heavy (non-hydrogen) atoms. The normalized spacial score (nSPS) is 19.4. The van der Waals surface area contributed by atoms with E-state index < -0.39 is 0 Å². The monoisotopic (exact) mass is 319 g/mol. The van der Waals surface area contributed by atoms with Crippen LogP contribution in [-0.2, 0) is 17.8 Å². The second-order valence-corrected chi connectivity index (χ2v) is 6.11. The highest BCUT2D eigenvalue weighted by Gasteiger charge is 2.28. The number of rotatable bonds is 5. The highest BCUT2D eigenvalue weighted by atomic mass is 16.5. The van der Waals surface area contributed by atoms with Gasteiger partial charge in [0.25, 0.3) is 0 Å². The molecule has 2 aromatic heterocycles. The average Bonchev–Trinajstić information content (AvgIpc) is 3.07. The largest absolute Gasteiger partial charge is 0.465 e. The van der Waals surface area contributed by atoms with Gasteiger partial charge < -0.3 is 14.3 Å². The van der Waals surface area contributed by atoms with Crippen LogP contribution in [0.3, 0.4) is 0 Å². The van der Waals surface area contributed by atoms with E-state index in [9.17, 15) is 0 Å². The molecular weight excluding hydrogens is 294 g/mol. The van der Waals surface area contributed by atoms with Crippen LogP contribution in [-0.4, -0.2) is 46.2 Å². The predicted octanol–water partition coefficient (Wildman–Crippen LogP) is 1.97. The van der Waals surface area contributed by atoms with Crippen LogP contribution in [0, 0.1) is 20.8 Å². The van der Waals surface area contributed by atoms with Crippen LogP contribution in [0.1, 0.15) is 34.5 Å². The van der Waals surface area contributed by atoms with E-state index in [0.717, 1.165) is 42.6 Å². The van der Waals surface area contributed by atoms with E-state index >= 15 is 0 Å². The van der Waals surface area contributed by atoms with Crippen molar-refractivity contribution in [2.75, 3.05) is 26.4 Å². The number of morpholine rings is 1. The maximum Gasteiger partial charge on any atom is 0.123 e. The Kier molecular flexibility index (Phi) is 4.84. The van der Waals surface area contributed by atoms with Crippen LogP contribution in [0.15, 0.2) is 16.5 Å². The van der Waals surface area contributed by atoms with E-state index in [-0.39, 0.29) is 12.6 Å². The molecule has 3 heterocycles. The molecule has 0 bridgehead atoms. The Hall–Kier alpha value is -1.63. The molecule has 1 atom stereocenters. The summed E-state index contributed by atoms with van der Waals surface area (Å²) in [6.07, 6.45) is 0. The Bertz CT molecular complexity index is 662. The number of ether oxygens (including phenoxy) is 1. The van der Waals surface area contributed by atoms with E-state index in [2.05, 4.69) is 16.9 Å². The van der Waals surface area contributed by atoms with E-state index in [1.54, 1.807) is 0 Å². The first-order valence-corrected chi connectivity index (χ1v) is 8.12. The molecule has 0 aromatic carbocycles. The average molecular weight is 319 g/mol. The number of hydrogen-bond donors (Lipinski definition) is 1. The third kappa shape index (κ3) is 3.34. The van der Waals surface area contributed by atoms with Crippen molar-refractivity contribution in [3.8, 4) is 0 Å². The quantitative estimate of drug-likeness (QED) is 0.913. The van der Waals surface area contributed by atoms with E-state index in [1.165, 1.54) is 5.56 Å². The highest BCUT2D eigenvalue weighted by Crippen LogP contribution is 2.28. The fraction of sp³-hybridized carbons (Fsp3) is 0.588.